The fourth-order valence-corrected chi connectivity index (χ4v) is 2.31. The Hall–Kier alpha value is -1.16. The standard InChI is InChI=1S/C15H23NO2S/c1-15(2,3)18-14(17)11-19-10-4-5-12-6-8-13(16)9-7-12/h6-9H,4-5,10-11,16H2,1-3H3. The van der Waals surface area contributed by atoms with Crippen LogP contribution in [0.5, 0.6) is 0 Å². The molecule has 1 aromatic rings. The molecule has 0 aliphatic carbocycles. The first-order chi connectivity index (χ1) is 8.87. The van der Waals surface area contributed by atoms with Gasteiger partial charge in [0.2, 0.25) is 0 Å². The molecule has 19 heavy (non-hydrogen) atoms. The highest BCUT2D eigenvalue weighted by molar-refractivity contribution is 7.99. The van der Waals surface area contributed by atoms with Crippen molar-refractivity contribution in [2.24, 2.45) is 0 Å². The number of carbonyl (C=O) groups excluding carboxylic acids is 1. The van der Waals surface area contributed by atoms with Crippen LogP contribution in [-0.4, -0.2) is 23.1 Å². The number of carbonyl (C=O) groups is 1. The van der Waals surface area contributed by atoms with Gasteiger partial charge in [-0.15, -0.1) is 0 Å². The maximum Gasteiger partial charge on any atom is 0.316 e. The average molecular weight is 281 g/mol. The largest absolute Gasteiger partial charge is 0.459 e. The number of aryl methyl sites for hydroxylation is 1. The van der Waals surface area contributed by atoms with E-state index in [0.717, 1.165) is 24.3 Å². The molecule has 0 radical (unpaired) electrons. The maximum atomic E-state index is 11.5. The second-order valence-electron chi connectivity index (χ2n) is 5.48. The quantitative estimate of drug-likeness (QED) is 0.494. The number of esters is 1. The highest BCUT2D eigenvalue weighted by atomic mass is 32.2. The number of hydrogen-bond acceptors (Lipinski definition) is 4. The number of nitrogen functional groups attached to an aromatic ring is 1. The van der Waals surface area contributed by atoms with Crippen molar-refractivity contribution < 1.29 is 9.53 Å². The number of rotatable bonds is 6. The summed E-state index contributed by atoms with van der Waals surface area (Å²) in [6.45, 7) is 5.66. The summed E-state index contributed by atoms with van der Waals surface area (Å²) in [4.78, 5) is 11.5. The Kier molecular flexibility index (Phi) is 6.22. The molecule has 3 nitrogen and oxygen atoms in total. The van der Waals surface area contributed by atoms with Crippen LogP contribution in [0, 0.1) is 0 Å². The zero-order chi connectivity index (χ0) is 14.3. The van der Waals surface area contributed by atoms with E-state index in [2.05, 4.69) is 0 Å². The van der Waals surface area contributed by atoms with Gasteiger partial charge in [0.05, 0.1) is 5.75 Å². The topological polar surface area (TPSA) is 52.3 Å². The Morgan fingerprint density at radius 1 is 1.26 bits per heavy atom. The first-order valence-corrected chi connectivity index (χ1v) is 7.66. The predicted octanol–water partition coefficient (Wildman–Crippen LogP) is 3.28. The molecule has 1 rings (SSSR count). The summed E-state index contributed by atoms with van der Waals surface area (Å²) in [6, 6.07) is 7.94. The van der Waals surface area contributed by atoms with Gasteiger partial charge < -0.3 is 10.5 Å². The van der Waals surface area contributed by atoms with Gasteiger partial charge in [-0.3, -0.25) is 4.79 Å². The fraction of sp³-hybridized carbons (Fsp3) is 0.533. The van der Waals surface area contributed by atoms with E-state index in [9.17, 15) is 4.79 Å². The molecule has 0 bridgehead atoms. The molecule has 0 heterocycles. The molecule has 106 valence electrons. The molecule has 0 aliphatic rings. The Bertz CT molecular complexity index is 396. The summed E-state index contributed by atoms with van der Waals surface area (Å²) < 4.78 is 5.24. The van der Waals surface area contributed by atoms with Gasteiger partial charge in [0, 0.05) is 5.69 Å². The van der Waals surface area contributed by atoms with E-state index < -0.39 is 0 Å². The molecule has 0 atom stereocenters. The Balaban J connectivity index is 2.11. The maximum absolute atomic E-state index is 11.5. The van der Waals surface area contributed by atoms with Crippen LogP contribution < -0.4 is 5.73 Å². The van der Waals surface area contributed by atoms with Crippen molar-refractivity contribution in [1.29, 1.82) is 0 Å². The van der Waals surface area contributed by atoms with E-state index in [1.54, 1.807) is 11.8 Å². The normalized spacial score (nSPS) is 11.3. The van der Waals surface area contributed by atoms with Gasteiger partial charge in [-0.25, -0.2) is 0 Å². The highest BCUT2D eigenvalue weighted by Crippen LogP contribution is 2.13. The summed E-state index contributed by atoms with van der Waals surface area (Å²) in [7, 11) is 0. The first-order valence-electron chi connectivity index (χ1n) is 6.51. The molecule has 0 spiro atoms. The SMILES string of the molecule is CC(C)(C)OC(=O)CSCCCc1ccc(N)cc1. The summed E-state index contributed by atoms with van der Waals surface area (Å²) in [5.41, 5.74) is 7.32. The van der Waals surface area contributed by atoms with Crippen LogP contribution in [0.25, 0.3) is 0 Å². The lowest BCUT2D eigenvalue weighted by molar-refractivity contribution is -0.151. The number of anilines is 1. The van der Waals surface area contributed by atoms with Crippen molar-refractivity contribution in [2.75, 3.05) is 17.2 Å². The number of ether oxygens (including phenoxy) is 1. The van der Waals surface area contributed by atoms with E-state index >= 15 is 0 Å². The van der Waals surface area contributed by atoms with Crippen LogP contribution in [0.15, 0.2) is 24.3 Å². The van der Waals surface area contributed by atoms with E-state index in [1.807, 2.05) is 45.0 Å². The third kappa shape index (κ3) is 7.78. The van der Waals surface area contributed by atoms with Crippen molar-refractivity contribution >= 4 is 23.4 Å². The number of thioether (sulfide) groups is 1. The Morgan fingerprint density at radius 3 is 2.47 bits per heavy atom. The summed E-state index contributed by atoms with van der Waals surface area (Å²) in [6.07, 6.45) is 2.07. The number of hydrogen-bond donors (Lipinski definition) is 1. The van der Waals surface area contributed by atoms with Crippen LogP contribution in [0.1, 0.15) is 32.8 Å². The predicted molar refractivity (Wildman–Crippen MR) is 82.3 cm³/mol. The molecule has 0 aliphatic heterocycles. The zero-order valence-electron chi connectivity index (χ0n) is 11.9. The monoisotopic (exact) mass is 281 g/mol. The molecule has 0 fully saturated rings. The minimum atomic E-state index is -0.387. The van der Waals surface area contributed by atoms with Gasteiger partial charge in [0.25, 0.3) is 0 Å². The Morgan fingerprint density at radius 2 is 1.89 bits per heavy atom. The number of benzene rings is 1. The van der Waals surface area contributed by atoms with Crippen LogP contribution >= 0.6 is 11.8 Å². The van der Waals surface area contributed by atoms with E-state index in [-0.39, 0.29) is 11.6 Å². The molecule has 1 aromatic carbocycles. The zero-order valence-corrected chi connectivity index (χ0v) is 12.8. The molecule has 0 saturated heterocycles. The minimum Gasteiger partial charge on any atom is -0.459 e. The van der Waals surface area contributed by atoms with Crippen LogP contribution in [-0.2, 0) is 16.0 Å². The van der Waals surface area contributed by atoms with Gasteiger partial charge in [0.1, 0.15) is 5.60 Å². The Labute approximate surface area is 119 Å². The molecule has 0 aromatic heterocycles. The van der Waals surface area contributed by atoms with Crippen LogP contribution in [0.4, 0.5) is 5.69 Å². The van der Waals surface area contributed by atoms with Gasteiger partial charge >= 0.3 is 5.97 Å². The lowest BCUT2D eigenvalue weighted by atomic mass is 10.1. The third-order valence-electron chi connectivity index (χ3n) is 2.37. The van der Waals surface area contributed by atoms with Gasteiger partial charge in [-0.2, -0.15) is 11.8 Å². The average Bonchev–Trinajstić information content (AvgIpc) is 2.29. The molecule has 0 unspecified atom stereocenters. The minimum absolute atomic E-state index is 0.134. The van der Waals surface area contributed by atoms with Crippen LogP contribution in [0.2, 0.25) is 0 Å². The van der Waals surface area contributed by atoms with Gasteiger partial charge in [-0.05, 0) is 57.1 Å². The van der Waals surface area contributed by atoms with Gasteiger partial charge in [0.15, 0.2) is 0 Å². The summed E-state index contributed by atoms with van der Waals surface area (Å²) in [5, 5.41) is 0. The van der Waals surface area contributed by atoms with Gasteiger partial charge in [-0.1, -0.05) is 12.1 Å². The van der Waals surface area contributed by atoms with Crippen molar-refractivity contribution in [2.45, 2.75) is 39.2 Å². The second kappa shape index (κ2) is 7.43. The lowest BCUT2D eigenvalue weighted by Crippen LogP contribution is -2.25. The highest BCUT2D eigenvalue weighted by Gasteiger charge is 2.15. The molecule has 4 heteroatoms. The van der Waals surface area contributed by atoms with E-state index in [0.29, 0.717) is 5.75 Å². The van der Waals surface area contributed by atoms with Crippen molar-refractivity contribution in [1.82, 2.24) is 0 Å². The molecule has 0 saturated carbocycles. The van der Waals surface area contributed by atoms with Crippen molar-refractivity contribution in [3.05, 3.63) is 29.8 Å². The summed E-state index contributed by atoms with van der Waals surface area (Å²) in [5.74, 6) is 1.26. The van der Waals surface area contributed by atoms with Crippen molar-refractivity contribution in [3.63, 3.8) is 0 Å². The number of nitrogens with two attached hydrogens (primary N) is 1. The molecular weight excluding hydrogens is 258 g/mol. The van der Waals surface area contributed by atoms with E-state index in [1.165, 1.54) is 5.56 Å². The molecular formula is C15H23NO2S. The first kappa shape index (κ1) is 15.9. The second-order valence-corrected chi connectivity index (χ2v) is 6.59. The molecule has 0 amide bonds. The fourth-order valence-electron chi connectivity index (χ4n) is 1.59. The smallest absolute Gasteiger partial charge is 0.316 e. The molecule has 2 N–H and O–H groups in total. The van der Waals surface area contributed by atoms with Crippen LogP contribution in [0.3, 0.4) is 0 Å². The third-order valence-corrected chi connectivity index (χ3v) is 3.39. The van der Waals surface area contributed by atoms with E-state index in [4.69, 9.17) is 10.5 Å². The van der Waals surface area contributed by atoms with Crippen molar-refractivity contribution in [3.8, 4) is 0 Å². The summed E-state index contributed by atoms with van der Waals surface area (Å²) >= 11 is 1.63. The lowest BCUT2D eigenvalue weighted by Gasteiger charge is -2.19.